The van der Waals surface area contributed by atoms with E-state index in [0.29, 0.717) is 37.0 Å². The van der Waals surface area contributed by atoms with Gasteiger partial charge in [-0.15, -0.1) is 11.3 Å². The summed E-state index contributed by atoms with van der Waals surface area (Å²) in [6.45, 7) is 1.18. The molecule has 0 saturated heterocycles. The molecule has 0 bridgehead atoms. The maximum atomic E-state index is 12.6. The van der Waals surface area contributed by atoms with E-state index < -0.39 is 0 Å². The van der Waals surface area contributed by atoms with Crippen molar-refractivity contribution in [3.63, 3.8) is 0 Å². The van der Waals surface area contributed by atoms with Gasteiger partial charge in [0.15, 0.2) is 0 Å². The Morgan fingerprint density at radius 1 is 0.903 bits per heavy atom. The van der Waals surface area contributed by atoms with Gasteiger partial charge >= 0.3 is 0 Å². The number of hydrogen-bond acceptors (Lipinski definition) is 6. The molecule has 0 aliphatic rings. The van der Waals surface area contributed by atoms with Gasteiger partial charge < -0.3 is 14.8 Å². The van der Waals surface area contributed by atoms with Gasteiger partial charge in [0.05, 0.1) is 11.2 Å². The van der Waals surface area contributed by atoms with Crippen molar-refractivity contribution in [2.75, 3.05) is 0 Å². The van der Waals surface area contributed by atoms with Crippen molar-refractivity contribution >= 4 is 17.2 Å². The number of ether oxygens (including phenoxy) is 2. The first-order valence-corrected chi connectivity index (χ1v) is 10.7. The molecule has 7 heteroatoms. The van der Waals surface area contributed by atoms with Crippen LogP contribution in [0.25, 0.3) is 0 Å². The summed E-state index contributed by atoms with van der Waals surface area (Å²) >= 11 is 1.52. The van der Waals surface area contributed by atoms with Crippen LogP contribution in [-0.2, 0) is 19.8 Å². The molecular formula is C24H21N3O3S. The Hall–Kier alpha value is -3.71. The summed E-state index contributed by atoms with van der Waals surface area (Å²) in [6, 6.07) is 20.7. The van der Waals surface area contributed by atoms with E-state index >= 15 is 0 Å². The van der Waals surface area contributed by atoms with E-state index in [1.807, 2.05) is 53.9 Å². The number of thiazole rings is 1. The SMILES string of the molecule is O=C(NCc1ccnc(OCc2ccccc2)c1)c1cccc(OCc2cscn2)c1. The number of aromatic nitrogens is 2. The maximum Gasteiger partial charge on any atom is 0.251 e. The zero-order chi connectivity index (χ0) is 21.3. The van der Waals surface area contributed by atoms with Crippen LogP contribution < -0.4 is 14.8 Å². The summed E-state index contributed by atoms with van der Waals surface area (Å²) in [5.41, 5.74) is 5.13. The average Bonchev–Trinajstić information content (AvgIpc) is 3.35. The second-order valence-electron chi connectivity index (χ2n) is 6.76. The number of carbonyl (C=O) groups excluding carboxylic acids is 1. The topological polar surface area (TPSA) is 73.3 Å². The molecule has 4 aromatic rings. The predicted molar refractivity (Wildman–Crippen MR) is 119 cm³/mol. The number of hydrogen-bond donors (Lipinski definition) is 1. The summed E-state index contributed by atoms with van der Waals surface area (Å²) in [4.78, 5) is 21.0. The molecule has 0 atom stereocenters. The van der Waals surface area contributed by atoms with Crippen molar-refractivity contribution in [1.82, 2.24) is 15.3 Å². The number of pyridine rings is 1. The van der Waals surface area contributed by atoms with Gasteiger partial charge in [0.2, 0.25) is 5.88 Å². The predicted octanol–water partition coefficient (Wildman–Crippen LogP) is 4.63. The molecule has 0 aliphatic carbocycles. The molecule has 0 fully saturated rings. The monoisotopic (exact) mass is 431 g/mol. The molecule has 0 aliphatic heterocycles. The van der Waals surface area contributed by atoms with Gasteiger partial charge in [-0.25, -0.2) is 9.97 Å². The third-order valence-electron chi connectivity index (χ3n) is 4.45. The highest BCUT2D eigenvalue weighted by atomic mass is 32.1. The second-order valence-corrected chi connectivity index (χ2v) is 7.47. The van der Waals surface area contributed by atoms with Crippen LogP contribution in [0.2, 0.25) is 0 Å². The molecular weight excluding hydrogens is 410 g/mol. The summed E-state index contributed by atoms with van der Waals surface area (Å²) in [5, 5.41) is 4.86. The van der Waals surface area contributed by atoms with Gasteiger partial charge in [0.1, 0.15) is 19.0 Å². The lowest BCUT2D eigenvalue weighted by molar-refractivity contribution is 0.0950. The molecule has 4 rings (SSSR count). The van der Waals surface area contributed by atoms with Crippen molar-refractivity contribution in [3.05, 3.63) is 106 Å². The maximum absolute atomic E-state index is 12.6. The lowest BCUT2D eigenvalue weighted by atomic mass is 10.2. The molecule has 2 aromatic heterocycles. The minimum Gasteiger partial charge on any atom is -0.487 e. The van der Waals surface area contributed by atoms with Gasteiger partial charge in [0, 0.05) is 29.8 Å². The van der Waals surface area contributed by atoms with Crippen LogP contribution in [0.4, 0.5) is 0 Å². The fourth-order valence-corrected chi connectivity index (χ4v) is 3.39. The van der Waals surface area contributed by atoms with Gasteiger partial charge in [-0.1, -0.05) is 36.4 Å². The Morgan fingerprint density at radius 3 is 2.65 bits per heavy atom. The Morgan fingerprint density at radius 2 is 1.81 bits per heavy atom. The van der Waals surface area contributed by atoms with Crippen LogP contribution in [0.3, 0.4) is 0 Å². The van der Waals surface area contributed by atoms with Crippen LogP contribution in [0.5, 0.6) is 11.6 Å². The Labute approximate surface area is 184 Å². The third-order valence-corrected chi connectivity index (χ3v) is 5.08. The number of rotatable bonds is 9. The highest BCUT2D eigenvalue weighted by molar-refractivity contribution is 7.07. The number of nitrogens with zero attached hydrogens (tertiary/aromatic N) is 2. The molecule has 31 heavy (non-hydrogen) atoms. The summed E-state index contributed by atoms with van der Waals surface area (Å²) in [5.74, 6) is 0.969. The minimum absolute atomic E-state index is 0.178. The molecule has 1 N–H and O–H groups in total. The normalized spacial score (nSPS) is 10.5. The van der Waals surface area contributed by atoms with E-state index in [1.165, 1.54) is 11.3 Å². The smallest absolute Gasteiger partial charge is 0.251 e. The fraction of sp³-hybridized carbons (Fsp3) is 0.125. The molecule has 0 spiro atoms. The minimum atomic E-state index is -0.178. The molecule has 6 nitrogen and oxygen atoms in total. The third kappa shape index (κ3) is 6.13. The van der Waals surface area contributed by atoms with Gasteiger partial charge in [-0.3, -0.25) is 4.79 Å². The first-order chi connectivity index (χ1) is 15.3. The Bertz CT molecular complexity index is 1120. The zero-order valence-corrected chi connectivity index (χ0v) is 17.5. The average molecular weight is 432 g/mol. The van der Waals surface area contributed by atoms with Gasteiger partial charge in [0.25, 0.3) is 5.91 Å². The van der Waals surface area contributed by atoms with Crippen LogP contribution in [-0.4, -0.2) is 15.9 Å². The van der Waals surface area contributed by atoms with E-state index in [-0.39, 0.29) is 5.91 Å². The zero-order valence-electron chi connectivity index (χ0n) is 16.7. The number of nitrogens with one attached hydrogen (secondary N) is 1. The quantitative estimate of drug-likeness (QED) is 0.418. The van der Waals surface area contributed by atoms with Crippen molar-refractivity contribution in [2.24, 2.45) is 0 Å². The highest BCUT2D eigenvalue weighted by Gasteiger charge is 2.08. The lowest BCUT2D eigenvalue weighted by Gasteiger charge is -2.09. The summed E-state index contributed by atoms with van der Waals surface area (Å²) < 4.78 is 11.5. The van der Waals surface area contributed by atoms with Crippen LogP contribution in [0.1, 0.15) is 27.2 Å². The first-order valence-electron chi connectivity index (χ1n) is 9.76. The number of amides is 1. The van der Waals surface area contributed by atoms with Crippen molar-refractivity contribution in [3.8, 4) is 11.6 Å². The van der Waals surface area contributed by atoms with Crippen molar-refractivity contribution in [1.29, 1.82) is 0 Å². The molecule has 2 heterocycles. The molecule has 0 radical (unpaired) electrons. The van der Waals surface area contributed by atoms with Gasteiger partial charge in [-0.05, 0) is 35.4 Å². The summed E-state index contributed by atoms with van der Waals surface area (Å²) in [7, 11) is 0. The van der Waals surface area contributed by atoms with E-state index in [2.05, 4.69) is 15.3 Å². The van der Waals surface area contributed by atoms with E-state index in [1.54, 1.807) is 29.9 Å². The fourth-order valence-electron chi connectivity index (χ4n) is 2.85. The van der Waals surface area contributed by atoms with Crippen LogP contribution in [0.15, 0.2) is 83.8 Å². The second kappa shape index (κ2) is 10.4. The molecule has 0 unspecified atom stereocenters. The Balaban J connectivity index is 1.30. The molecule has 156 valence electrons. The van der Waals surface area contributed by atoms with Crippen molar-refractivity contribution < 1.29 is 14.3 Å². The number of carbonyl (C=O) groups is 1. The molecule has 0 saturated carbocycles. The van der Waals surface area contributed by atoms with Crippen molar-refractivity contribution in [2.45, 2.75) is 19.8 Å². The summed E-state index contributed by atoms with van der Waals surface area (Å²) in [6.07, 6.45) is 1.68. The van der Waals surface area contributed by atoms with E-state index in [4.69, 9.17) is 9.47 Å². The van der Waals surface area contributed by atoms with E-state index in [0.717, 1.165) is 16.8 Å². The lowest BCUT2D eigenvalue weighted by Crippen LogP contribution is -2.22. The van der Waals surface area contributed by atoms with Gasteiger partial charge in [-0.2, -0.15) is 0 Å². The standard InChI is InChI=1S/C24H21N3O3S/c28-24(20-7-4-8-22(12-20)29-15-21-16-31-17-27-21)26-13-19-9-10-25-23(11-19)30-14-18-5-2-1-3-6-18/h1-12,16-17H,13-15H2,(H,26,28). The van der Waals surface area contributed by atoms with E-state index in [9.17, 15) is 4.79 Å². The highest BCUT2D eigenvalue weighted by Crippen LogP contribution is 2.16. The largest absolute Gasteiger partial charge is 0.487 e. The van der Waals surface area contributed by atoms with Crippen LogP contribution in [0, 0.1) is 0 Å². The molecule has 2 aromatic carbocycles. The first kappa shape index (κ1) is 20.6. The number of benzene rings is 2. The molecule has 1 amide bonds. The Kier molecular flexibility index (Phi) is 6.87. The van der Waals surface area contributed by atoms with Crippen LogP contribution >= 0.6 is 11.3 Å².